The predicted octanol–water partition coefficient (Wildman–Crippen LogP) is 2.36. The summed E-state index contributed by atoms with van der Waals surface area (Å²) in [5.41, 5.74) is 2.50. The summed E-state index contributed by atoms with van der Waals surface area (Å²) in [4.78, 5) is 15.5. The number of aromatic nitrogens is 1. The highest BCUT2D eigenvalue weighted by atomic mass is 16.1. The van der Waals surface area contributed by atoms with Gasteiger partial charge in [-0.25, -0.2) is 0 Å². The number of aliphatic imine (C=N–C) groups is 1. The molecule has 0 bridgehead atoms. The maximum Gasteiger partial charge on any atom is 0.249 e. The molecule has 0 radical (unpaired) electrons. The van der Waals surface area contributed by atoms with Crippen LogP contribution in [0.4, 0.5) is 0 Å². The molecule has 2 heterocycles. The molecule has 1 aliphatic heterocycles. The molecule has 1 N–H and O–H groups in total. The van der Waals surface area contributed by atoms with Crippen LogP contribution in [0, 0.1) is 11.3 Å². The van der Waals surface area contributed by atoms with Crippen molar-refractivity contribution in [1.82, 2.24) is 9.88 Å². The Morgan fingerprint density at radius 3 is 2.90 bits per heavy atom. The molecule has 0 spiro atoms. The van der Waals surface area contributed by atoms with Crippen molar-refractivity contribution < 1.29 is 4.79 Å². The van der Waals surface area contributed by atoms with Crippen LogP contribution < -0.4 is 5.32 Å². The minimum absolute atomic E-state index is 0.107. The predicted molar refractivity (Wildman–Crippen MR) is 81.2 cm³/mol. The molecule has 5 heteroatoms. The monoisotopic (exact) mass is 280 g/mol. The molecule has 0 atom stereocenters. The summed E-state index contributed by atoms with van der Waals surface area (Å²) in [5, 5.41) is 13.3. The van der Waals surface area contributed by atoms with E-state index in [1.165, 1.54) is 0 Å². The average molecular weight is 280 g/mol. The van der Waals surface area contributed by atoms with Crippen LogP contribution in [-0.2, 0) is 4.79 Å². The number of nitrogens with zero attached hydrogens (tertiary/aromatic N) is 3. The first-order valence-electron chi connectivity index (χ1n) is 7.00. The fourth-order valence-corrected chi connectivity index (χ4v) is 2.59. The molecule has 0 unspecified atom stereocenters. The fourth-order valence-electron chi connectivity index (χ4n) is 2.59. The van der Waals surface area contributed by atoms with Gasteiger partial charge in [0.2, 0.25) is 5.91 Å². The summed E-state index contributed by atoms with van der Waals surface area (Å²) in [7, 11) is 0. The number of nitrogens with one attached hydrogen (secondary N) is 1. The van der Waals surface area contributed by atoms with Gasteiger partial charge in [0.15, 0.2) is 0 Å². The van der Waals surface area contributed by atoms with Gasteiger partial charge < -0.3 is 9.88 Å². The van der Waals surface area contributed by atoms with Gasteiger partial charge in [-0.15, -0.1) is 0 Å². The topological polar surface area (TPSA) is 70.2 Å². The number of rotatable bonds is 2. The number of amides is 1. The fraction of sp³-hybridized carbons (Fsp3) is 0.312. The van der Waals surface area contributed by atoms with E-state index in [0.717, 1.165) is 16.5 Å². The summed E-state index contributed by atoms with van der Waals surface area (Å²) in [5.74, 6) is 0.485. The lowest BCUT2D eigenvalue weighted by molar-refractivity contribution is -0.117. The Morgan fingerprint density at radius 1 is 1.43 bits per heavy atom. The first-order valence-corrected chi connectivity index (χ1v) is 7.00. The molecule has 0 aliphatic carbocycles. The summed E-state index contributed by atoms with van der Waals surface area (Å²) in [6, 6.07) is 8.37. The SMILES string of the molecule is CC(C)n1cc(C#N)c2cc(C3=NC(=O)CCN3)ccc21. The van der Waals surface area contributed by atoms with Gasteiger partial charge in [-0.3, -0.25) is 4.79 Å². The van der Waals surface area contributed by atoms with Gasteiger partial charge >= 0.3 is 0 Å². The lowest BCUT2D eigenvalue weighted by Crippen LogP contribution is -2.32. The number of carbonyl (C=O) groups excluding carboxylic acids is 1. The summed E-state index contributed by atoms with van der Waals surface area (Å²) in [6.45, 7) is 4.77. The Labute approximate surface area is 122 Å². The summed E-state index contributed by atoms with van der Waals surface area (Å²) < 4.78 is 2.08. The van der Waals surface area contributed by atoms with Crippen LogP contribution in [0.1, 0.15) is 37.4 Å². The van der Waals surface area contributed by atoms with Gasteiger partial charge in [-0.05, 0) is 32.0 Å². The second kappa shape index (κ2) is 5.06. The van der Waals surface area contributed by atoms with E-state index in [4.69, 9.17) is 0 Å². The minimum atomic E-state index is -0.107. The van der Waals surface area contributed by atoms with Crippen LogP contribution in [0.3, 0.4) is 0 Å². The lowest BCUT2D eigenvalue weighted by Gasteiger charge is -2.14. The van der Waals surface area contributed by atoms with E-state index in [1.54, 1.807) is 0 Å². The number of carbonyl (C=O) groups is 1. The third-order valence-corrected chi connectivity index (χ3v) is 3.65. The first kappa shape index (κ1) is 13.4. The third kappa shape index (κ3) is 2.29. The van der Waals surface area contributed by atoms with Crippen molar-refractivity contribution in [2.45, 2.75) is 26.3 Å². The van der Waals surface area contributed by atoms with E-state index in [0.29, 0.717) is 24.4 Å². The zero-order valence-corrected chi connectivity index (χ0v) is 12.1. The average Bonchev–Trinajstić information content (AvgIpc) is 2.85. The Kier molecular flexibility index (Phi) is 3.22. The van der Waals surface area contributed by atoms with Gasteiger partial charge in [0.05, 0.1) is 5.56 Å². The van der Waals surface area contributed by atoms with Crippen molar-refractivity contribution in [2.75, 3.05) is 6.54 Å². The highest BCUT2D eigenvalue weighted by Crippen LogP contribution is 2.25. The van der Waals surface area contributed by atoms with Crippen LogP contribution in [0.25, 0.3) is 10.9 Å². The number of benzene rings is 1. The van der Waals surface area contributed by atoms with Crippen LogP contribution in [0.2, 0.25) is 0 Å². The van der Waals surface area contributed by atoms with Gasteiger partial charge in [0.25, 0.3) is 0 Å². The lowest BCUT2D eigenvalue weighted by atomic mass is 10.1. The molecule has 21 heavy (non-hydrogen) atoms. The van der Waals surface area contributed by atoms with Crippen molar-refractivity contribution in [2.24, 2.45) is 4.99 Å². The molecule has 3 rings (SSSR count). The maximum absolute atomic E-state index is 11.4. The van der Waals surface area contributed by atoms with Crippen LogP contribution in [0.5, 0.6) is 0 Å². The van der Waals surface area contributed by atoms with E-state index < -0.39 is 0 Å². The molecule has 1 aromatic carbocycles. The molecular formula is C16H16N4O. The molecule has 1 aromatic heterocycles. The third-order valence-electron chi connectivity index (χ3n) is 3.65. The zero-order chi connectivity index (χ0) is 15.0. The van der Waals surface area contributed by atoms with Crippen LogP contribution in [-0.4, -0.2) is 22.9 Å². The first-order chi connectivity index (χ1) is 10.1. The second-order valence-corrected chi connectivity index (χ2v) is 5.42. The standard InChI is InChI=1S/C16H16N4O/c1-10(2)20-9-12(8-17)13-7-11(3-4-14(13)20)16-18-6-5-15(21)19-16/h3-4,7,9-10H,5-6H2,1-2H3,(H,18,19,21). The summed E-state index contributed by atoms with van der Waals surface area (Å²) in [6.07, 6.45) is 2.30. The van der Waals surface area contributed by atoms with Gasteiger partial charge in [0, 0.05) is 41.7 Å². The van der Waals surface area contributed by atoms with Crippen molar-refractivity contribution in [3.8, 4) is 6.07 Å². The Morgan fingerprint density at radius 2 is 2.24 bits per heavy atom. The van der Waals surface area contributed by atoms with E-state index in [2.05, 4.69) is 34.8 Å². The van der Waals surface area contributed by atoms with E-state index in [1.807, 2.05) is 24.4 Å². The number of amidine groups is 1. The molecular weight excluding hydrogens is 264 g/mol. The summed E-state index contributed by atoms with van der Waals surface area (Å²) >= 11 is 0. The van der Waals surface area contributed by atoms with Gasteiger partial charge in [0.1, 0.15) is 11.9 Å². The van der Waals surface area contributed by atoms with Crippen molar-refractivity contribution in [3.05, 3.63) is 35.5 Å². The molecule has 0 saturated heterocycles. The van der Waals surface area contributed by atoms with E-state index >= 15 is 0 Å². The number of hydrogen-bond donors (Lipinski definition) is 1. The molecule has 5 nitrogen and oxygen atoms in total. The molecule has 2 aromatic rings. The Hall–Kier alpha value is -2.61. The van der Waals surface area contributed by atoms with E-state index in [9.17, 15) is 10.1 Å². The van der Waals surface area contributed by atoms with Crippen LogP contribution >= 0.6 is 0 Å². The zero-order valence-electron chi connectivity index (χ0n) is 12.1. The Bertz CT molecular complexity index is 792. The Balaban J connectivity index is 2.16. The number of nitriles is 1. The number of hydrogen-bond acceptors (Lipinski definition) is 3. The van der Waals surface area contributed by atoms with Crippen molar-refractivity contribution >= 4 is 22.6 Å². The second-order valence-electron chi connectivity index (χ2n) is 5.42. The van der Waals surface area contributed by atoms with Crippen LogP contribution in [0.15, 0.2) is 29.4 Å². The number of fused-ring (bicyclic) bond motifs is 1. The highest BCUT2D eigenvalue weighted by Gasteiger charge is 2.16. The minimum Gasteiger partial charge on any atom is -0.369 e. The highest BCUT2D eigenvalue weighted by molar-refractivity contribution is 6.08. The largest absolute Gasteiger partial charge is 0.369 e. The van der Waals surface area contributed by atoms with Crippen molar-refractivity contribution in [3.63, 3.8) is 0 Å². The molecule has 106 valence electrons. The molecule has 0 saturated carbocycles. The molecule has 0 fully saturated rings. The molecule has 1 amide bonds. The van der Waals surface area contributed by atoms with Crippen molar-refractivity contribution in [1.29, 1.82) is 5.26 Å². The smallest absolute Gasteiger partial charge is 0.249 e. The maximum atomic E-state index is 11.4. The van der Waals surface area contributed by atoms with Gasteiger partial charge in [-0.1, -0.05) is 0 Å². The normalized spacial score (nSPS) is 15.0. The van der Waals surface area contributed by atoms with Gasteiger partial charge in [-0.2, -0.15) is 10.3 Å². The molecule has 1 aliphatic rings. The quantitative estimate of drug-likeness (QED) is 0.918. The van der Waals surface area contributed by atoms with E-state index in [-0.39, 0.29) is 11.9 Å².